The number of aromatic nitrogens is 1. The molecule has 0 N–H and O–H groups in total. The normalized spacial score (nSPS) is 12.2. The first kappa shape index (κ1) is 23.0. The second-order valence-corrected chi connectivity index (χ2v) is 8.95. The summed E-state index contributed by atoms with van der Waals surface area (Å²) in [5.41, 5.74) is 1.43. The molecule has 1 heterocycles. The number of alkyl halides is 3. The summed E-state index contributed by atoms with van der Waals surface area (Å²) in [6.45, 7) is 0.729. The highest BCUT2D eigenvalue weighted by molar-refractivity contribution is 7.99. The molecule has 0 aliphatic carbocycles. The monoisotopic (exact) mass is 482 g/mol. The van der Waals surface area contributed by atoms with Crippen molar-refractivity contribution >= 4 is 45.9 Å². The molecule has 0 radical (unpaired) electrons. The number of allylic oxidation sites excluding steroid dienone is 1. The van der Waals surface area contributed by atoms with Crippen LogP contribution in [0, 0.1) is 11.3 Å². The Morgan fingerprint density at radius 1 is 1.03 bits per heavy atom. The zero-order valence-corrected chi connectivity index (χ0v) is 18.9. The molecule has 7 heteroatoms. The Bertz CT molecular complexity index is 1350. The van der Waals surface area contributed by atoms with E-state index in [-0.39, 0.29) is 11.1 Å². The van der Waals surface area contributed by atoms with Crippen molar-refractivity contribution in [3.8, 4) is 6.07 Å². The van der Waals surface area contributed by atoms with Gasteiger partial charge in [0, 0.05) is 44.9 Å². The van der Waals surface area contributed by atoms with Crippen molar-refractivity contribution in [1.29, 1.82) is 5.26 Å². The largest absolute Gasteiger partial charge is 0.416 e. The predicted octanol–water partition coefficient (Wildman–Crippen LogP) is 8.17. The highest BCUT2D eigenvalue weighted by atomic mass is 35.5. The first-order valence-corrected chi connectivity index (χ1v) is 11.5. The molecule has 0 amide bonds. The van der Waals surface area contributed by atoms with Crippen LogP contribution in [0.25, 0.3) is 22.6 Å². The van der Waals surface area contributed by atoms with Crippen LogP contribution < -0.4 is 0 Å². The zero-order chi connectivity index (χ0) is 23.4. The molecule has 3 aromatic carbocycles. The number of benzene rings is 3. The Hall–Kier alpha value is -3.14. The number of hydrogen-bond acceptors (Lipinski definition) is 2. The van der Waals surface area contributed by atoms with Crippen molar-refractivity contribution < 1.29 is 13.2 Å². The van der Waals surface area contributed by atoms with E-state index in [1.807, 2.05) is 54.7 Å². The Balaban J connectivity index is 1.63. The number of para-hydroxylation sites is 1. The minimum Gasteiger partial charge on any atom is -0.346 e. The lowest BCUT2D eigenvalue weighted by Gasteiger charge is -2.08. The molecule has 0 saturated heterocycles. The van der Waals surface area contributed by atoms with Crippen LogP contribution >= 0.6 is 23.4 Å². The third-order valence-corrected chi connectivity index (χ3v) is 6.40. The number of halogens is 4. The van der Waals surface area contributed by atoms with Gasteiger partial charge < -0.3 is 4.57 Å². The summed E-state index contributed by atoms with van der Waals surface area (Å²) >= 11 is 7.65. The third-order valence-electron chi connectivity index (χ3n) is 5.16. The lowest BCUT2D eigenvalue weighted by Crippen LogP contribution is -2.04. The van der Waals surface area contributed by atoms with Gasteiger partial charge in [0.05, 0.1) is 17.2 Å². The van der Waals surface area contributed by atoms with Gasteiger partial charge in [-0.25, -0.2) is 0 Å². The average Bonchev–Trinajstić information content (AvgIpc) is 3.16. The molecule has 166 valence electrons. The summed E-state index contributed by atoms with van der Waals surface area (Å²) < 4.78 is 41.5. The Morgan fingerprint density at radius 2 is 1.79 bits per heavy atom. The van der Waals surface area contributed by atoms with Crippen molar-refractivity contribution in [2.75, 3.05) is 5.75 Å². The molecule has 0 spiro atoms. The SMILES string of the molecule is N#C/C(=C/c1cn(CCSc2ccc(Cl)cc2)c2ccccc12)c1cccc(C(F)(F)F)c1. The van der Waals surface area contributed by atoms with Gasteiger partial charge in [0.15, 0.2) is 0 Å². The minimum atomic E-state index is -4.46. The third kappa shape index (κ3) is 5.44. The lowest BCUT2D eigenvalue weighted by atomic mass is 10.0. The van der Waals surface area contributed by atoms with E-state index in [9.17, 15) is 18.4 Å². The summed E-state index contributed by atoms with van der Waals surface area (Å²) in [7, 11) is 0. The van der Waals surface area contributed by atoms with E-state index >= 15 is 0 Å². The first-order valence-electron chi connectivity index (χ1n) is 10.1. The van der Waals surface area contributed by atoms with E-state index in [4.69, 9.17) is 11.6 Å². The van der Waals surface area contributed by atoms with Crippen LogP contribution in [-0.4, -0.2) is 10.3 Å². The van der Waals surface area contributed by atoms with Crippen LogP contribution in [0.3, 0.4) is 0 Å². The smallest absolute Gasteiger partial charge is 0.346 e. The standard InChI is InChI=1S/C26H18ClF3N2S/c27-22-8-10-23(11-9-22)33-13-12-32-17-20(24-6-1-2-7-25(24)32)14-19(16-31)18-4-3-5-21(15-18)26(28,29)30/h1-11,14-15,17H,12-13H2/b19-14-. The number of fused-ring (bicyclic) bond motifs is 1. The van der Waals surface area contributed by atoms with E-state index < -0.39 is 11.7 Å². The second kappa shape index (κ2) is 9.78. The molecule has 0 unspecified atom stereocenters. The summed E-state index contributed by atoms with van der Waals surface area (Å²) in [6.07, 6.45) is -0.868. The van der Waals surface area contributed by atoms with Gasteiger partial charge >= 0.3 is 6.18 Å². The highest BCUT2D eigenvalue weighted by Gasteiger charge is 2.30. The fourth-order valence-corrected chi connectivity index (χ4v) is 4.54. The fourth-order valence-electron chi connectivity index (χ4n) is 3.57. The minimum absolute atomic E-state index is 0.180. The topological polar surface area (TPSA) is 28.7 Å². The molecule has 2 nitrogen and oxygen atoms in total. The van der Waals surface area contributed by atoms with Crippen LogP contribution in [0.1, 0.15) is 16.7 Å². The van der Waals surface area contributed by atoms with Crippen LogP contribution in [0.4, 0.5) is 13.2 Å². The van der Waals surface area contributed by atoms with E-state index in [0.717, 1.165) is 45.8 Å². The average molecular weight is 483 g/mol. The van der Waals surface area contributed by atoms with Crippen molar-refractivity contribution in [1.82, 2.24) is 4.57 Å². The van der Waals surface area contributed by atoms with Crippen molar-refractivity contribution in [2.45, 2.75) is 17.6 Å². The van der Waals surface area contributed by atoms with Crippen LogP contribution in [0.15, 0.2) is 83.9 Å². The molecule has 1 aromatic heterocycles. The maximum absolute atomic E-state index is 13.1. The van der Waals surface area contributed by atoms with Crippen molar-refractivity contribution in [3.63, 3.8) is 0 Å². The molecule has 0 aliphatic heterocycles. The Morgan fingerprint density at radius 3 is 2.52 bits per heavy atom. The van der Waals surface area contributed by atoms with Gasteiger partial charge in [0.25, 0.3) is 0 Å². The summed E-state index contributed by atoms with van der Waals surface area (Å²) in [4.78, 5) is 1.12. The van der Waals surface area contributed by atoms with E-state index in [1.165, 1.54) is 12.1 Å². The molecular formula is C26H18ClF3N2S. The number of nitriles is 1. The van der Waals surface area contributed by atoms with Gasteiger partial charge in [-0.2, -0.15) is 18.4 Å². The predicted molar refractivity (Wildman–Crippen MR) is 129 cm³/mol. The maximum atomic E-state index is 13.1. The van der Waals surface area contributed by atoms with Crippen molar-refractivity contribution in [2.24, 2.45) is 0 Å². The van der Waals surface area contributed by atoms with Crippen LogP contribution in [0.5, 0.6) is 0 Å². The van der Waals surface area contributed by atoms with Crippen LogP contribution in [0.2, 0.25) is 5.02 Å². The van der Waals surface area contributed by atoms with Gasteiger partial charge in [-0.05, 0) is 54.1 Å². The molecule has 4 rings (SSSR count). The first-order chi connectivity index (χ1) is 15.8. The molecule has 0 bridgehead atoms. The molecular weight excluding hydrogens is 465 g/mol. The van der Waals surface area contributed by atoms with Crippen LogP contribution in [-0.2, 0) is 12.7 Å². The van der Waals surface area contributed by atoms with Gasteiger partial charge in [-0.1, -0.05) is 41.9 Å². The van der Waals surface area contributed by atoms with Gasteiger partial charge in [0.1, 0.15) is 0 Å². The highest BCUT2D eigenvalue weighted by Crippen LogP contribution is 2.32. The number of hydrogen-bond donors (Lipinski definition) is 0. The van der Waals surface area contributed by atoms with Crippen molar-refractivity contribution in [3.05, 3.63) is 101 Å². The Kier molecular flexibility index (Phi) is 6.83. The Labute approximate surface area is 198 Å². The summed E-state index contributed by atoms with van der Waals surface area (Å²) in [6, 6.07) is 22.4. The molecule has 0 fully saturated rings. The quantitative estimate of drug-likeness (QED) is 0.205. The molecule has 0 saturated carbocycles. The maximum Gasteiger partial charge on any atom is 0.416 e. The number of rotatable bonds is 6. The van der Waals surface area contributed by atoms with E-state index in [2.05, 4.69) is 10.6 Å². The second-order valence-electron chi connectivity index (χ2n) is 7.35. The number of aryl methyl sites for hydroxylation is 1. The zero-order valence-electron chi connectivity index (χ0n) is 17.3. The van der Waals surface area contributed by atoms with E-state index in [0.29, 0.717) is 5.02 Å². The summed E-state index contributed by atoms with van der Waals surface area (Å²) in [5, 5.41) is 11.3. The number of thioether (sulfide) groups is 1. The van der Waals surface area contributed by atoms with Gasteiger partial charge in [-0.3, -0.25) is 0 Å². The van der Waals surface area contributed by atoms with E-state index in [1.54, 1.807) is 17.8 Å². The van der Waals surface area contributed by atoms with Gasteiger partial charge in [-0.15, -0.1) is 11.8 Å². The molecule has 0 atom stereocenters. The lowest BCUT2D eigenvalue weighted by molar-refractivity contribution is -0.137. The molecule has 33 heavy (non-hydrogen) atoms. The number of nitrogens with zero attached hydrogens (tertiary/aromatic N) is 2. The van der Waals surface area contributed by atoms with Gasteiger partial charge in [0.2, 0.25) is 0 Å². The molecule has 4 aromatic rings. The molecule has 0 aliphatic rings. The fraction of sp³-hybridized carbons (Fsp3) is 0.115. The summed E-state index contributed by atoms with van der Waals surface area (Å²) in [5.74, 6) is 0.822.